The van der Waals surface area contributed by atoms with Crippen LogP contribution in [0.25, 0.3) is 0 Å². The Bertz CT molecular complexity index is 252. The molecule has 0 rings (SSSR count). The van der Waals surface area contributed by atoms with Crippen molar-refractivity contribution in [2.24, 2.45) is 0 Å². The molecule has 0 spiro atoms. The lowest BCUT2D eigenvalue weighted by molar-refractivity contribution is 0.378. The smallest absolute Gasteiger partial charge is 0.394 e. The van der Waals surface area contributed by atoms with Crippen molar-refractivity contribution in [3.63, 3.8) is 0 Å². The highest BCUT2D eigenvalue weighted by molar-refractivity contribution is 7.80. The van der Waals surface area contributed by atoms with Gasteiger partial charge in [-0.3, -0.25) is 18.2 Å². The molecule has 4 N–H and O–H groups in total. The van der Waals surface area contributed by atoms with Gasteiger partial charge in [0.2, 0.25) is 0 Å². The number of rotatable bonds is 0. The van der Waals surface area contributed by atoms with E-state index in [0.717, 1.165) is 0 Å². The number of hydrogen-bond donors (Lipinski definition) is 4. The lowest BCUT2D eigenvalue weighted by Crippen LogP contribution is -1.89. The molecule has 12 heteroatoms. The summed E-state index contributed by atoms with van der Waals surface area (Å²) in [6.07, 6.45) is 0. The molecule has 0 unspecified atom stereocenters. The first-order valence-corrected chi connectivity index (χ1v) is 4.41. The van der Waals surface area contributed by atoms with Gasteiger partial charge < -0.3 is 11.8 Å². The zero-order valence-corrected chi connectivity index (χ0v) is 8.04. The van der Waals surface area contributed by atoms with Gasteiger partial charge in [-0.05, 0) is 0 Å². The van der Waals surface area contributed by atoms with Crippen LogP contribution in [0, 0.1) is 11.8 Å². The Hall–Kier alpha value is -0.480. The van der Waals surface area contributed by atoms with Crippen LogP contribution < -0.4 is 0 Å². The molecule has 0 aliphatic carbocycles. The fourth-order valence-electron chi connectivity index (χ4n) is 0. The molecule has 82 valence electrons. The summed E-state index contributed by atoms with van der Waals surface area (Å²) in [5.41, 5.74) is 0. The Morgan fingerprint density at radius 2 is 0.769 bits per heavy atom. The van der Waals surface area contributed by atoms with Gasteiger partial charge in [0.25, 0.3) is 0 Å². The largest absolute Gasteiger partial charge is 0.512 e. The average molecular weight is 259 g/mol. The third-order valence-electron chi connectivity index (χ3n) is 0. The van der Waals surface area contributed by atoms with Crippen molar-refractivity contribution in [1.29, 1.82) is 5.26 Å². The van der Waals surface area contributed by atoms with Crippen LogP contribution in [-0.2, 0) is 20.8 Å². The van der Waals surface area contributed by atoms with Crippen LogP contribution in [0.3, 0.4) is 0 Å². The zero-order valence-electron chi connectivity index (χ0n) is 5.59. The lowest BCUT2D eigenvalue weighted by atomic mass is 11.9. The van der Waals surface area contributed by atoms with Crippen LogP contribution in [0.4, 0.5) is 0 Å². The van der Waals surface area contributed by atoms with Crippen LogP contribution in [0.15, 0.2) is 0 Å². The van der Waals surface area contributed by atoms with E-state index in [1.54, 1.807) is 0 Å². The van der Waals surface area contributed by atoms with Crippen LogP contribution >= 0.6 is 12.4 Å². The van der Waals surface area contributed by atoms with Crippen molar-refractivity contribution in [1.82, 2.24) is 0 Å². The Balaban J connectivity index is -0.0000000491. The highest BCUT2D eigenvalue weighted by Crippen LogP contribution is 1.59. The van der Waals surface area contributed by atoms with Gasteiger partial charge in [0.1, 0.15) is 0 Å². The van der Waals surface area contributed by atoms with E-state index in [2.05, 4.69) is 0 Å². The van der Waals surface area contributed by atoms with Gasteiger partial charge in [-0.1, -0.05) is 0 Å². The summed E-state index contributed by atoms with van der Waals surface area (Å²) in [6.45, 7) is 4.75. The van der Waals surface area contributed by atoms with E-state index in [1.807, 2.05) is 0 Å². The van der Waals surface area contributed by atoms with Crippen LogP contribution in [0.2, 0.25) is 0 Å². The van der Waals surface area contributed by atoms with Crippen LogP contribution in [0.1, 0.15) is 0 Å². The quantitative estimate of drug-likeness (QED) is 0.321. The Labute approximate surface area is 80.6 Å². The third kappa shape index (κ3) is 4530. The molecule has 0 fully saturated rings. The van der Waals surface area contributed by atoms with Gasteiger partial charge in [0, 0.05) is 0 Å². The third-order valence-corrected chi connectivity index (χ3v) is 0. The normalized spacial score (nSPS) is 9.08. The predicted octanol–water partition coefficient (Wildman–Crippen LogP) is -0.787. The maximum atomic E-state index is 8.74. The average Bonchev–Trinajstić information content (AvgIpc) is 1.59. The van der Waals surface area contributed by atoms with Gasteiger partial charge in [0.15, 0.2) is 0 Å². The van der Waals surface area contributed by atoms with Crippen molar-refractivity contribution in [3.8, 4) is 0 Å². The van der Waals surface area contributed by atoms with E-state index < -0.39 is 20.8 Å². The zero-order chi connectivity index (χ0) is 11.0. The standard InChI is InChI=1S/CN.ClH.2H2O4S/c1-2;;2*1-5(2,3)4/h;1H;2*(H2,1,2,3,4)/q-1;;;. The van der Waals surface area contributed by atoms with Crippen LogP contribution in [0.5, 0.6) is 0 Å². The van der Waals surface area contributed by atoms with Crippen molar-refractivity contribution < 1.29 is 35.0 Å². The molecule has 0 radical (unpaired) electrons. The minimum atomic E-state index is -4.67. The molecular weight excluding hydrogens is 254 g/mol. The number of halogens is 1. The SMILES string of the molecule is Cl.O=S(=O)(O)O.O=S(=O)(O)O.[C-]#N. The van der Waals surface area contributed by atoms with Gasteiger partial charge in [0.05, 0.1) is 0 Å². The molecule has 0 atom stereocenters. The summed E-state index contributed by atoms with van der Waals surface area (Å²) in [6, 6.07) is 0. The van der Waals surface area contributed by atoms with E-state index in [0.29, 0.717) is 0 Å². The highest BCUT2D eigenvalue weighted by Gasteiger charge is 1.85. The highest BCUT2D eigenvalue weighted by atomic mass is 35.5. The molecule has 0 heterocycles. The van der Waals surface area contributed by atoms with Gasteiger partial charge in [-0.15, -0.1) is 12.4 Å². The van der Waals surface area contributed by atoms with Crippen molar-refractivity contribution in [2.45, 2.75) is 0 Å². The second-order valence-electron chi connectivity index (χ2n) is 0.896. The van der Waals surface area contributed by atoms with Crippen LogP contribution in [-0.4, -0.2) is 35.0 Å². The minimum absolute atomic E-state index is 0. The van der Waals surface area contributed by atoms with Crippen molar-refractivity contribution >= 4 is 33.2 Å². The summed E-state index contributed by atoms with van der Waals surface area (Å²) in [5, 5.41) is 6.25. The maximum absolute atomic E-state index is 8.74. The maximum Gasteiger partial charge on any atom is 0.394 e. The molecular formula is CH5ClNO8S2-. The molecule has 0 aromatic carbocycles. The summed E-state index contributed by atoms with van der Waals surface area (Å²) in [5.74, 6) is 0. The molecule has 0 bridgehead atoms. The lowest BCUT2D eigenvalue weighted by Gasteiger charge is -1.68. The first kappa shape index (κ1) is 22.9. The van der Waals surface area contributed by atoms with E-state index in [9.17, 15) is 0 Å². The van der Waals surface area contributed by atoms with E-state index in [1.165, 1.54) is 0 Å². The Kier molecular flexibility index (Phi) is 16.9. The summed E-state index contributed by atoms with van der Waals surface area (Å²) in [4.78, 5) is 0. The molecule has 0 aromatic heterocycles. The number of hydrogen-bond acceptors (Lipinski definition) is 5. The Morgan fingerprint density at radius 1 is 0.769 bits per heavy atom. The predicted molar refractivity (Wildman–Crippen MR) is 40.6 cm³/mol. The molecule has 0 amide bonds. The van der Waals surface area contributed by atoms with Crippen molar-refractivity contribution in [3.05, 3.63) is 6.57 Å². The fourth-order valence-corrected chi connectivity index (χ4v) is 0. The molecule has 0 aliphatic rings. The topological polar surface area (TPSA) is 173 Å². The Morgan fingerprint density at radius 3 is 0.769 bits per heavy atom. The second kappa shape index (κ2) is 9.61. The molecule has 0 aliphatic heterocycles. The van der Waals surface area contributed by atoms with Gasteiger partial charge in [-0.25, -0.2) is 0 Å². The molecule has 0 saturated carbocycles. The molecule has 0 saturated heterocycles. The van der Waals surface area contributed by atoms with Crippen molar-refractivity contribution in [2.75, 3.05) is 0 Å². The summed E-state index contributed by atoms with van der Waals surface area (Å²) >= 11 is 0. The molecule has 0 aromatic rings. The number of nitrogens with zero attached hydrogens (tertiary/aromatic N) is 1. The summed E-state index contributed by atoms with van der Waals surface area (Å²) in [7, 11) is -9.33. The minimum Gasteiger partial charge on any atom is -0.512 e. The first-order chi connectivity index (χ1) is 5.00. The molecule has 9 nitrogen and oxygen atoms in total. The van der Waals surface area contributed by atoms with E-state index in [-0.39, 0.29) is 12.4 Å². The second-order valence-corrected chi connectivity index (χ2v) is 2.69. The van der Waals surface area contributed by atoms with E-state index >= 15 is 0 Å². The van der Waals surface area contributed by atoms with Gasteiger partial charge >= 0.3 is 20.8 Å². The van der Waals surface area contributed by atoms with E-state index in [4.69, 9.17) is 46.9 Å². The first-order valence-electron chi connectivity index (χ1n) is 1.62. The fraction of sp³-hybridized carbons (Fsp3) is 0. The molecule has 13 heavy (non-hydrogen) atoms. The van der Waals surface area contributed by atoms with Gasteiger partial charge in [-0.2, -0.15) is 16.8 Å². The monoisotopic (exact) mass is 258 g/mol. The summed E-state index contributed by atoms with van der Waals surface area (Å²) < 4.78 is 63.2.